The third-order valence-electron chi connectivity index (χ3n) is 6.94. The smallest absolute Gasteiger partial charge is 0.264 e. The molecular weight excluding hydrogens is 578 g/mol. The average molecular weight is 616 g/mol. The summed E-state index contributed by atoms with van der Waals surface area (Å²) in [7, 11) is -1.44. The summed E-state index contributed by atoms with van der Waals surface area (Å²) in [6.07, 6.45) is 0.720. The number of methoxy groups -OCH3 is 2. The molecule has 0 aliphatic heterocycles. The minimum atomic E-state index is -4.29. The molecular formula is C31H38ClN3O6S. The maximum atomic E-state index is 14.1. The zero-order valence-electron chi connectivity index (χ0n) is 24.8. The number of hydrogen-bond acceptors (Lipinski definition) is 6. The van der Waals surface area contributed by atoms with Gasteiger partial charge in [-0.05, 0) is 69.2 Å². The molecule has 0 fully saturated rings. The number of halogens is 1. The second-order valence-electron chi connectivity index (χ2n) is 10.0. The highest BCUT2D eigenvalue weighted by Crippen LogP contribution is 2.32. The van der Waals surface area contributed by atoms with Crippen LogP contribution < -0.4 is 19.1 Å². The standard InChI is InChI=1S/C31H38ClN3O6S/c1-7-22(3)33-31(37)23(4)34(19-24-10-8-9-21(2)17-24)30(36)20-35(26-13-11-25(32)12-14-26)42(38,39)27-15-16-28(40-5)29(18-27)41-6/h8-18,22-23H,7,19-20H2,1-6H3,(H,33,37)/t22-,23-/m1/s1. The summed E-state index contributed by atoms with van der Waals surface area (Å²) in [6, 6.07) is 17.0. The molecule has 0 unspecified atom stereocenters. The van der Waals surface area contributed by atoms with Gasteiger partial charge in [0.05, 0.1) is 24.8 Å². The Balaban J connectivity index is 2.06. The first-order valence-corrected chi connectivity index (χ1v) is 15.4. The quantitative estimate of drug-likeness (QED) is 0.284. The highest BCUT2D eigenvalue weighted by atomic mass is 35.5. The van der Waals surface area contributed by atoms with Crippen molar-refractivity contribution in [1.29, 1.82) is 0 Å². The number of nitrogens with one attached hydrogen (secondary N) is 1. The molecule has 11 heteroatoms. The van der Waals surface area contributed by atoms with Crippen LogP contribution in [0.5, 0.6) is 11.5 Å². The largest absolute Gasteiger partial charge is 0.493 e. The molecule has 9 nitrogen and oxygen atoms in total. The Morgan fingerprint density at radius 1 is 0.952 bits per heavy atom. The van der Waals surface area contributed by atoms with Crippen LogP contribution in [-0.2, 0) is 26.2 Å². The summed E-state index contributed by atoms with van der Waals surface area (Å²) in [6.45, 7) is 6.96. The van der Waals surface area contributed by atoms with Crippen LogP contribution in [0.4, 0.5) is 5.69 Å². The predicted molar refractivity (Wildman–Crippen MR) is 165 cm³/mol. The zero-order valence-corrected chi connectivity index (χ0v) is 26.3. The van der Waals surface area contributed by atoms with Crippen LogP contribution >= 0.6 is 11.6 Å². The molecule has 0 spiro atoms. The molecule has 42 heavy (non-hydrogen) atoms. The topological polar surface area (TPSA) is 105 Å². The van der Waals surface area contributed by atoms with Crippen LogP contribution in [0.1, 0.15) is 38.3 Å². The Labute approximate surface area is 253 Å². The van der Waals surface area contributed by atoms with Gasteiger partial charge in [-0.2, -0.15) is 0 Å². The monoisotopic (exact) mass is 615 g/mol. The van der Waals surface area contributed by atoms with Gasteiger partial charge in [-0.25, -0.2) is 8.42 Å². The van der Waals surface area contributed by atoms with Crippen molar-refractivity contribution in [1.82, 2.24) is 10.2 Å². The van der Waals surface area contributed by atoms with Crippen molar-refractivity contribution in [3.05, 3.63) is 82.9 Å². The van der Waals surface area contributed by atoms with Crippen molar-refractivity contribution in [2.45, 2.75) is 57.6 Å². The van der Waals surface area contributed by atoms with E-state index >= 15 is 0 Å². The van der Waals surface area contributed by atoms with Gasteiger partial charge in [-0.1, -0.05) is 48.4 Å². The molecule has 3 rings (SSSR count). The Kier molecular flexibility index (Phi) is 11.2. The molecule has 0 aliphatic rings. The number of anilines is 1. The molecule has 3 aromatic rings. The molecule has 2 amide bonds. The fraction of sp³-hybridized carbons (Fsp3) is 0.355. The lowest BCUT2D eigenvalue weighted by Crippen LogP contribution is -2.52. The van der Waals surface area contributed by atoms with Gasteiger partial charge in [0.25, 0.3) is 10.0 Å². The van der Waals surface area contributed by atoms with E-state index in [0.29, 0.717) is 10.8 Å². The highest BCUT2D eigenvalue weighted by Gasteiger charge is 2.33. The van der Waals surface area contributed by atoms with Gasteiger partial charge in [0.2, 0.25) is 11.8 Å². The number of sulfonamides is 1. The number of rotatable bonds is 13. The van der Waals surface area contributed by atoms with E-state index in [0.717, 1.165) is 21.9 Å². The van der Waals surface area contributed by atoms with E-state index < -0.39 is 28.5 Å². The number of aryl methyl sites for hydroxylation is 1. The van der Waals surface area contributed by atoms with Crippen molar-refractivity contribution in [3.8, 4) is 11.5 Å². The second kappa shape index (κ2) is 14.4. The third-order valence-corrected chi connectivity index (χ3v) is 8.96. The summed E-state index contributed by atoms with van der Waals surface area (Å²) in [4.78, 5) is 28.5. The number of ether oxygens (including phenoxy) is 2. The molecule has 0 saturated carbocycles. The first-order valence-electron chi connectivity index (χ1n) is 13.6. The summed E-state index contributed by atoms with van der Waals surface area (Å²) in [5.41, 5.74) is 2.04. The molecule has 3 aromatic carbocycles. The van der Waals surface area contributed by atoms with Gasteiger partial charge in [-0.3, -0.25) is 13.9 Å². The maximum absolute atomic E-state index is 14.1. The molecule has 2 atom stereocenters. The average Bonchev–Trinajstić information content (AvgIpc) is 2.98. The highest BCUT2D eigenvalue weighted by molar-refractivity contribution is 7.92. The van der Waals surface area contributed by atoms with Crippen LogP contribution in [0, 0.1) is 6.92 Å². The van der Waals surface area contributed by atoms with Crippen molar-refractivity contribution in [2.24, 2.45) is 0 Å². The van der Waals surface area contributed by atoms with E-state index in [1.54, 1.807) is 19.1 Å². The zero-order chi connectivity index (χ0) is 31.0. The van der Waals surface area contributed by atoms with E-state index in [9.17, 15) is 18.0 Å². The molecule has 1 N–H and O–H groups in total. The molecule has 0 bridgehead atoms. The van der Waals surface area contributed by atoms with Gasteiger partial charge in [0.15, 0.2) is 11.5 Å². The number of carbonyl (C=O) groups excluding carboxylic acids is 2. The molecule has 0 radical (unpaired) electrons. The molecule has 0 aromatic heterocycles. The van der Waals surface area contributed by atoms with E-state index in [1.165, 1.54) is 49.5 Å². The Bertz CT molecular complexity index is 1500. The lowest BCUT2D eigenvalue weighted by molar-refractivity contribution is -0.139. The van der Waals surface area contributed by atoms with Crippen molar-refractivity contribution in [2.75, 3.05) is 25.1 Å². The minimum absolute atomic E-state index is 0.0909. The van der Waals surface area contributed by atoms with Crippen LogP contribution in [0.3, 0.4) is 0 Å². The summed E-state index contributed by atoms with van der Waals surface area (Å²) >= 11 is 6.09. The van der Waals surface area contributed by atoms with E-state index in [2.05, 4.69) is 5.32 Å². The Morgan fingerprint density at radius 2 is 1.62 bits per heavy atom. The maximum Gasteiger partial charge on any atom is 0.264 e. The summed E-state index contributed by atoms with van der Waals surface area (Å²) in [5, 5.41) is 3.33. The van der Waals surface area contributed by atoms with E-state index in [-0.39, 0.29) is 34.8 Å². The van der Waals surface area contributed by atoms with Crippen LogP contribution in [0.25, 0.3) is 0 Å². The SMILES string of the molecule is CC[C@@H](C)NC(=O)[C@@H](C)N(Cc1cccc(C)c1)C(=O)CN(c1ccc(Cl)cc1)S(=O)(=O)c1ccc(OC)c(OC)c1. The van der Waals surface area contributed by atoms with Crippen LogP contribution in [-0.4, -0.2) is 58.0 Å². The first kappa shape index (κ1) is 32.8. The lowest BCUT2D eigenvalue weighted by atomic mass is 10.1. The summed E-state index contributed by atoms with van der Waals surface area (Å²) in [5.74, 6) is -0.304. The van der Waals surface area contributed by atoms with E-state index in [4.69, 9.17) is 21.1 Å². The van der Waals surface area contributed by atoms with E-state index in [1.807, 2.05) is 45.0 Å². The van der Waals surface area contributed by atoms with Crippen molar-refractivity contribution < 1.29 is 27.5 Å². The number of nitrogens with zero attached hydrogens (tertiary/aromatic N) is 2. The van der Waals surface area contributed by atoms with Crippen molar-refractivity contribution >= 4 is 39.1 Å². The third kappa shape index (κ3) is 7.95. The fourth-order valence-electron chi connectivity index (χ4n) is 4.30. The molecule has 0 aliphatic carbocycles. The number of benzene rings is 3. The fourth-order valence-corrected chi connectivity index (χ4v) is 5.85. The van der Waals surface area contributed by atoms with Gasteiger partial charge in [0, 0.05) is 23.7 Å². The first-order chi connectivity index (χ1) is 19.9. The molecule has 226 valence electrons. The van der Waals surface area contributed by atoms with Gasteiger partial charge in [-0.15, -0.1) is 0 Å². The summed E-state index contributed by atoms with van der Waals surface area (Å²) < 4.78 is 39.8. The lowest BCUT2D eigenvalue weighted by Gasteiger charge is -2.32. The number of amides is 2. The molecule has 0 saturated heterocycles. The Hall–Kier alpha value is -3.76. The van der Waals surface area contributed by atoms with Crippen LogP contribution in [0.2, 0.25) is 5.02 Å². The second-order valence-corrected chi connectivity index (χ2v) is 12.3. The number of hydrogen-bond donors (Lipinski definition) is 1. The molecule has 0 heterocycles. The normalized spacial score (nSPS) is 12.6. The number of carbonyl (C=O) groups is 2. The van der Waals surface area contributed by atoms with Crippen molar-refractivity contribution in [3.63, 3.8) is 0 Å². The predicted octanol–water partition coefficient (Wildman–Crippen LogP) is 5.19. The van der Waals surface area contributed by atoms with Gasteiger partial charge in [0.1, 0.15) is 12.6 Å². The Morgan fingerprint density at radius 3 is 2.21 bits per heavy atom. The van der Waals surface area contributed by atoms with Crippen LogP contribution in [0.15, 0.2) is 71.6 Å². The minimum Gasteiger partial charge on any atom is -0.493 e. The van der Waals surface area contributed by atoms with Gasteiger partial charge >= 0.3 is 0 Å². The van der Waals surface area contributed by atoms with Gasteiger partial charge < -0.3 is 19.7 Å².